The molecule has 1 saturated heterocycles. The third-order valence-electron chi connectivity index (χ3n) is 4.53. The topological polar surface area (TPSA) is 85.9 Å². The van der Waals surface area contributed by atoms with Crippen LogP contribution in [0.2, 0.25) is 0 Å². The van der Waals surface area contributed by atoms with E-state index in [2.05, 4.69) is 5.32 Å². The number of thioether (sulfide) groups is 1. The van der Waals surface area contributed by atoms with E-state index in [1.54, 1.807) is 26.8 Å². The van der Waals surface area contributed by atoms with Crippen LogP contribution in [-0.4, -0.2) is 35.3 Å². The summed E-state index contributed by atoms with van der Waals surface area (Å²) in [6.07, 6.45) is -0.933. The van der Waals surface area contributed by atoms with Crippen LogP contribution in [0.5, 0.6) is 0 Å². The van der Waals surface area contributed by atoms with Crippen LogP contribution in [0.15, 0.2) is 23.2 Å². The van der Waals surface area contributed by atoms with Gasteiger partial charge in [0.25, 0.3) is 0 Å². The number of rotatable bonds is 1. The van der Waals surface area contributed by atoms with Crippen LogP contribution in [-0.2, 0) is 15.0 Å². The highest BCUT2D eigenvalue weighted by Gasteiger charge is 2.54. The summed E-state index contributed by atoms with van der Waals surface area (Å²) < 4.78 is 25.8. The number of nitrogen functional groups attached to an aromatic ring is 1. The lowest BCUT2D eigenvalue weighted by molar-refractivity contribution is 0.0562. The fourth-order valence-corrected chi connectivity index (χ4v) is 4.47. The number of alkyl carbamates (subject to hydrolysis) is 1. The second-order valence-corrected chi connectivity index (χ2v) is 8.60. The van der Waals surface area contributed by atoms with Crippen LogP contribution in [0.1, 0.15) is 33.3 Å². The van der Waals surface area contributed by atoms with Gasteiger partial charge in [-0.2, -0.15) is 0 Å². The van der Waals surface area contributed by atoms with Gasteiger partial charge in [-0.15, -0.1) is 0 Å². The molecule has 0 spiro atoms. The van der Waals surface area contributed by atoms with Crippen LogP contribution >= 0.6 is 11.8 Å². The lowest BCUT2D eigenvalue weighted by Gasteiger charge is -2.38. The largest absolute Gasteiger partial charge is 0.444 e. The summed E-state index contributed by atoms with van der Waals surface area (Å²) in [5.74, 6) is 0.254. The zero-order chi connectivity index (χ0) is 19.1. The third-order valence-corrected chi connectivity index (χ3v) is 5.56. The number of amides is 1. The van der Waals surface area contributed by atoms with Gasteiger partial charge in [-0.1, -0.05) is 11.8 Å². The Balaban J connectivity index is 1.99. The highest BCUT2D eigenvalue weighted by molar-refractivity contribution is 8.13. The molecule has 3 atom stereocenters. The van der Waals surface area contributed by atoms with Crippen molar-refractivity contribution >= 4 is 28.7 Å². The van der Waals surface area contributed by atoms with Crippen molar-refractivity contribution in [3.63, 3.8) is 0 Å². The number of carbonyl (C=O) groups is 1. The van der Waals surface area contributed by atoms with Crippen LogP contribution in [0.4, 0.5) is 14.9 Å². The Morgan fingerprint density at radius 2 is 2.23 bits per heavy atom. The zero-order valence-electron chi connectivity index (χ0n) is 15.3. The van der Waals surface area contributed by atoms with Crippen LogP contribution in [0.25, 0.3) is 0 Å². The number of hydrogen-bond donors (Lipinski definition) is 2. The first kappa shape index (κ1) is 19.0. The molecule has 2 aliphatic rings. The minimum Gasteiger partial charge on any atom is -0.444 e. The molecule has 1 amide bonds. The van der Waals surface area contributed by atoms with Crippen LogP contribution in [0.3, 0.4) is 0 Å². The van der Waals surface area contributed by atoms with Gasteiger partial charge < -0.3 is 15.2 Å². The number of nitrogens with one attached hydrogen (secondary N) is 1. The van der Waals surface area contributed by atoms with Gasteiger partial charge >= 0.3 is 6.09 Å². The van der Waals surface area contributed by atoms with Crippen molar-refractivity contribution in [2.75, 3.05) is 18.1 Å². The molecular weight excluding hydrogens is 357 g/mol. The molecule has 1 fully saturated rings. The molecule has 0 aromatic heterocycles. The lowest BCUT2D eigenvalue weighted by atomic mass is 9.77. The Kier molecular flexibility index (Phi) is 4.92. The van der Waals surface area contributed by atoms with E-state index in [4.69, 9.17) is 20.2 Å². The fraction of sp³-hybridized carbons (Fsp3) is 0.556. The molecule has 0 bridgehead atoms. The monoisotopic (exact) mass is 381 g/mol. The summed E-state index contributed by atoms with van der Waals surface area (Å²) >= 11 is 1.40. The molecule has 26 heavy (non-hydrogen) atoms. The highest BCUT2D eigenvalue weighted by Crippen LogP contribution is 2.49. The van der Waals surface area contributed by atoms with E-state index in [-0.39, 0.29) is 17.8 Å². The van der Waals surface area contributed by atoms with Crippen LogP contribution < -0.4 is 11.1 Å². The summed E-state index contributed by atoms with van der Waals surface area (Å²) in [6.45, 7) is 7.71. The van der Waals surface area contributed by atoms with Crippen molar-refractivity contribution in [2.24, 2.45) is 10.9 Å². The molecule has 0 aliphatic carbocycles. The molecular formula is C18H24FN3O3S. The van der Waals surface area contributed by atoms with Crippen molar-refractivity contribution in [2.45, 2.75) is 44.9 Å². The van der Waals surface area contributed by atoms with E-state index in [1.807, 2.05) is 6.92 Å². The summed E-state index contributed by atoms with van der Waals surface area (Å²) in [6, 6.07) is 4.48. The van der Waals surface area contributed by atoms with Crippen LogP contribution in [0, 0.1) is 11.7 Å². The van der Waals surface area contributed by atoms with Gasteiger partial charge in [-0.05, 0) is 45.9 Å². The van der Waals surface area contributed by atoms with Gasteiger partial charge in [0.15, 0.2) is 5.17 Å². The summed E-state index contributed by atoms with van der Waals surface area (Å²) in [5.41, 5.74) is 5.22. The molecule has 142 valence electrons. The molecule has 2 aliphatic heterocycles. The van der Waals surface area contributed by atoms with Gasteiger partial charge in [0.05, 0.1) is 12.7 Å². The first-order valence-corrected chi connectivity index (χ1v) is 9.50. The molecule has 0 radical (unpaired) electrons. The Labute approximate surface area is 156 Å². The predicted molar refractivity (Wildman–Crippen MR) is 101 cm³/mol. The molecule has 3 rings (SSSR count). The molecule has 1 aromatic rings. The molecule has 0 unspecified atom stereocenters. The number of fused-ring (bicyclic) bond motifs is 1. The number of halogens is 1. The number of aliphatic imine (C=N–C) groups is 1. The standard InChI is InChI=1S/C18H24FN3O3S/c1-10-18(13-7-12(20)5-6-14(13)19)11(8-24-10)9-26-15(22-18)21-16(23)25-17(2,3)4/h5-7,10-11H,8-9,20H2,1-4H3,(H,21,22,23)/t10-,11+,18+/m1/s1. The van der Waals surface area contributed by atoms with E-state index in [1.165, 1.54) is 23.9 Å². The SMILES string of the molecule is C[C@H]1OC[C@H]2CSC(NC(=O)OC(C)(C)C)=N[C@]21c1cc(N)ccc1F. The number of anilines is 1. The number of hydrogen-bond acceptors (Lipinski definition) is 6. The Bertz CT molecular complexity index is 750. The Morgan fingerprint density at radius 3 is 2.92 bits per heavy atom. The van der Waals surface area contributed by atoms with E-state index in [0.29, 0.717) is 28.8 Å². The normalized spacial score (nSPS) is 28.3. The van der Waals surface area contributed by atoms with E-state index in [0.717, 1.165) is 0 Å². The molecule has 3 N–H and O–H groups in total. The fourth-order valence-electron chi connectivity index (χ4n) is 3.39. The van der Waals surface area contributed by atoms with E-state index in [9.17, 15) is 9.18 Å². The van der Waals surface area contributed by atoms with Crippen molar-refractivity contribution in [1.82, 2.24) is 5.32 Å². The Hall–Kier alpha value is -1.80. The van der Waals surface area contributed by atoms with E-state index < -0.39 is 17.2 Å². The zero-order valence-corrected chi connectivity index (χ0v) is 16.2. The van der Waals surface area contributed by atoms with Gasteiger partial charge in [0, 0.05) is 22.9 Å². The summed E-state index contributed by atoms with van der Waals surface area (Å²) in [5, 5.41) is 3.08. The maximum atomic E-state index is 14.7. The number of amidine groups is 1. The van der Waals surface area contributed by atoms with Crippen molar-refractivity contribution < 1.29 is 18.7 Å². The van der Waals surface area contributed by atoms with Gasteiger partial charge in [-0.3, -0.25) is 5.32 Å². The number of benzene rings is 1. The van der Waals surface area contributed by atoms with Gasteiger partial charge in [0.2, 0.25) is 0 Å². The first-order valence-electron chi connectivity index (χ1n) is 8.51. The number of nitrogens with two attached hydrogens (primary N) is 1. The summed E-state index contributed by atoms with van der Waals surface area (Å²) in [4.78, 5) is 16.9. The maximum absolute atomic E-state index is 14.7. The molecule has 6 nitrogen and oxygen atoms in total. The van der Waals surface area contributed by atoms with E-state index >= 15 is 0 Å². The van der Waals surface area contributed by atoms with Gasteiger partial charge in [0.1, 0.15) is 17.0 Å². The predicted octanol–water partition coefficient (Wildman–Crippen LogP) is 3.27. The quantitative estimate of drug-likeness (QED) is 0.729. The third kappa shape index (κ3) is 3.53. The smallest absolute Gasteiger partial charge is 0.413 e. The molecule has 2 heterocycles. The Morgan fingerprint density at radius 1 is 1.50 bits per heavy atom. The van der Waals surface area contributed by atoms with Crippen molar-refractivity contribution in [1.29, 1.82) is 0 Å². The first-order chi connectivity index (χ1) is 12.1. The minimum absolute atomic E-state index is 0.0111. The second-order valence-electron chi connectivity index (χ2n) is 7.59. The minimum atomic E-state index is -0.922. The maximum Gasteiger partial charge on any atom is 0.413 e. The summed E-state index contributed by atoms with van der Waals surface area (Å²) in [7, 11) is 0. The lowest BCUT2D eigenvalue weighted by Crippen LogP contribution is -2.46. The second kappa shape index (κ2) is 6.74. The van der Waals surface area contributed by atoms with Crippen molar-refractivity contribution in [3.05, 3.63) is 29.6 Å². The highest BCUT2D eigenvalue weighted by atomic mass is 32.2. The molecule has 0 saturated carbocycles. The van der Waals surface area contributed by atoms with Gasteiger partial charge in [-0.25, -0.2) is 14.2 Å². The number of carbonyl (C=O) groups excluding carboxylic acids is 1. The number of nitrogens with zero attached hydrogens (tertiary/aromatic N) is 1. The average Bonchev–Trinajstić information content (AvgIpc) is 2.85. The average molecular weight is 381 g/mol. The molecule has 8 heteroatoms. The van der Waals surface area contributed by atoms with Crippen molar-refractivity contribution in [3.8, 4) is 0 Å². The molecule has 1 aromatic carbocycles. The number of ether oxygens (including phenoxy) is 2.